The van der Waals surface area contributed by atoms with Crippen LogP contribution in [0.3, 0.4) is 0 Å². The molecule has 0 spiro atoms. The lowest BCUT2D eigenvalue weighted by molar-refractivity contribution is 0.0611. The maximum atomic E-state index is 6.00. The molecule has 0 bridgehead atoms. The van der Waals surface area contributed by atoms with Gasteiger partial charge in [-0.1, -0.05) is 0 Å². The zero-order valence-electron chi connectivity index (χ0n) is 12.2. The highest BCUT2D eigenvalue weighted by Gasteiger charge is 2.24. The van der Waals surface area contributed by atoms with Gasteiger partial charge in [-0.3, -0.25) is 9.58 Å². The minimum absolute atomic E-state index is 0.247. The lowest BCUT2D eigenvalue weighted by Gasteiger charge is -2.29. The maximum absolute atomic E-state index is 6.00. The Balaban J connectivity index is 2.13. The number of ether oxygens (including phenoxy) is 1. The fourth-order valence-electron chi connectivity index (χ4n) is 2.61. The van der Waals surface area contributed by atoms with Gasteiger partial charge < -0.3 is 10.5 Å². The van der Waals surface area contributed by atoms with Crippen LogP contribution in [0.2, 0.25) is 0 Å². The Labute approximate surface area is 115 Å². The highest BCUT2D eigenvalue weighted by molar-refractivity contribution is 5.12. The van der Waals surface area contributed by atoms with E-state index in [9.17, 15) is 0 Å². The van der Waals surface area contributed by atoms with Crippen molar-refractivity contribution in [1.82, 2.24) is 14.7 Å². The van der Waals surface area contributed by atoms with E-state index in [2.05, 4.69) is 37.0 Å². The molecule has 1 saturated heterocycles. The van der Waals surface area contributed by atoms with Crippen molar-refractivity contribution < 1.29 is 4.74 Å². The standard InChI is InChI=1S/C14H26N4O/c1-11(2)18-10-13(8-16-18)14(7-15)17-5-4-6-19-12(3)9-17/h8,10-12,14H,4-7,9,15H2,1-3H3. The van der Waals surface area contributed by atoms with Crippen LogP contribution >= 0.6 is 0 Å². The second-order valence-electron chi connectivity index (χ2n) is 5.63. The third-order valence-electron chi connectivity index (χ3n) is 3.68. The first-order valence-corrected chi connectivity index (χ1v) is 7.21. The zero-order valence-corrected chi connectivity index (χ0v) is 12.2. The average molecular weight is 266 g/mol. The molecular formula is C14H26N4O. The molecular weight excluding hydrogens is 240 g/mol. The van der Waals surface area contributed by atoms with Gasteiger partial charge in [0.05, 0.1) is 18.3 Å². The van der Waals surface area contributed by atoms with Crippen molar-refractivity contribution in [2.24, 2.45) is 5.73 Å². The summed E-state index contributed by atoms with van der Waals surface area (Å²) in [6.45, 7) is 9.85. The molecule has 1 aromatic rings. The molecule has 5 nitrogen and oxygen atoms in total. The van der Waals surface area contributed by atoms with Gasteiger partial charge in [0.1, 0.15) is 0 Å². The summed E-state index contributed by atoms with van der Waals surface area (Å²) in [6, 6.07) is 0.634. The largest absolute Gasteiger partial charge is 0.377 e. The third-order valence-corrected chi connectivity index (χ3v) is 3.68. The number of nitrogens with zero attached hydrogens (tertiary/aromatic N) is 3. The van der Waals surface area contributed by atoms with E-state index in [1.54, 1.807) is 0 Å². The number of rotatable bonds is 4. The monoisotopic (exact) mass is 266 g/mol. The van der Waals surface area contributed by atoms with Crippen LogP contribution in [0.15, 0.2) is 12.4 Å². The molecule has 0 radical (unpaired) electrons. The Morgan fingerprint density at radius 3 is 2.95 bits per heavy atom. The summed E-state index contributed by atoms with van der Waals surface area (Å²) in [5.74, 6) is 0. The number of hydrogen-bond donors (Lipinski definition) is 1. The molecule has 1 aliphatic heterocycles. The van der Waals surface area contributed by atoms with Gasteiger partial charge in [0.25, 0.3) is 0 Å². The molecule has 1 aliphatic rings. The Bertz CT molecular complexity index is 391. The third kappa shape index (κ3) is 3.55. The lowest BCUT2D eigenvalue weighted by atomic mass is 10.1. The fraction of sp³-hybridized carbons (Fsp3) is 0.786. The molecule has 0 saturated carbocycles. The first kappa shape index (κ1) is 14.5. The molecule has 2 unspecified atom stereocenters. The molecule has 19 heavy (non-hydrogen) atoms. The molecule has 5 heteroatoms. The Kier molecular flexibility index (Phi) is 4.96. The molecule has 108 valence electrons. The normalized spacial score (nSPS) is 23.5. The van der Waals surface area contributed by atoms with Crippen LogP contribution < -0.4 is 5.73 Å². The van der Waals surface area contributed by atoms with Crippen LogP contribution in [-0.2, 0) is 4.74 Å². The number of nitrogens with two attached hydrogens (primary N) is 1. The van der Waals surface area contributed by atoms with Crippen LogP contribution in [0.4, 0.5) is 0 Å². The Morgan fingerprint density at radius 2 is 2.32 bits per heavy atom. The topological polar surface area (TPSA) is 56.3 Å². The minimum Gasteiger partial charge on any atom is -0.377 e. The first-order valence-electron chi connectivity index (χ1n) is 7.21. The quantitative estimate of drug-likeness (QED) is 0.899. The zero-order chi connectivity index (χ0) is 13.8. The number of aromatic nitrogens is 2. The van der Waals surface area contributed by atoms with Crippen LogP contribution in [0.1, 0.15) is 44.8 Å². The summed E-state index contributed by atoms with van der Waals surface area (Å²) in [4.78, 5) is 2.43. The lowest BCUT2D eigenvalue weighted by Crippen LogP contribution is -2.37. The smallest absolute Gasteiger partial charge is 0.0674 e. The first-order chi connectivity index (χ1) is 9.11. The van der Waals surface area contributed by atoms with E-state index in [1.165, 1.54) is 5.56 Å². The van der Waals surface area contributed by atoms with Crippen molar-refractivity contribution in [3.05, 3.63) is 18.0 Å². The molecule has 2 heterocycles. The van der Waals surface area contributed by atoms with Crippen molar-refractivity contribution in [1.29, 1.82) is 0 Å². The molecule has 0 aliphatic carbocycles. The van der Waals surface area contributed by atoms with E-state index in [4.69, 9.17) is 10.5 Å². The Hall–Kier alpha value is -0.910. The van der Waals surface area contributed by atoms with Gasteiger partial charge in [-0.05, 0) is 27.2 Å². The van der Waals surface area contributed by atoms with Crippen molar-refractivity contribution in [3.8, 4) is 0 Å². The second-order valence-corrected chi connectivity index (χ2v) is 5.63. The SMILES string of the molecule is CC1CN(C(CN)c2cnn(C(C)C)c2)CCCO1. The number of hydrogen-bond acceptors (Lipinski definition) is 4. The van der Waals surface area contributed by atoms with Crippen LogP contribution in [0, 0.1) is 0 Å². The van der Waals surface area contributed by atoms with Crippen molar-refractivity contribution in [3.63, 3.8) is 0 Å². The molecule has 2 N–H and O–H groups in total. The summed E-state index contributed by atoms with van der Waals surface area (Å²) in [5.41, 5.74) is 7.21. The maximum Gasteiger partial charge on any atom is 0.0674 e. The summed E-state index contributed by atoms with van der Waals surface area (Å²) >= 11 is 0. The predicted molar refractivity (Wildman–Crippen MR) is 76.0 cm³/mol. The molecule has 2 rings (SSSR count). The molecule has 0 aromatic carbocycles. The minimum atomic E-state index is 0.247. The van der Waals surface area contributed by atoms with E-state index in [0.29, 0.717) is 12.6 Å². The fourth-order valence-corrected chi connectivity index (χ4v) is 2.61. The molecule has 1 aromatic heterocycles. The van der Waals surface area contributed by atoms with Crippen LogP contribution in [-0.4, -0.2) is 47.0 Å². The van der Waals surface area contributed by atoms with Crippen molar-refractivity contribution in [2.45, 2.75) is 45.4 Å². The van der Waals surface area contributed by atoms with E-state index in [0.717, 1.165) is 26.1 Å². The van der Waals surface area contributed by atoms with Gasteiger partial charge in [0.15, 0.2) is 0 Å². The van der Waals surface area contributed by atoms with Gasteiger partial charge in [0.2, 0.25) is 0 Å². The van der Waals surface area contributed by atoms with Gasteiger partial charge in [-0.25, -0.2) is 0 Å². The van der Waals surface area contributed by atoms with E-state index in [-0.39, 0.29) is 12.1 Å². The highest BCUT2D eigenvalue weighted by atomic mass is 16.5. The molecule has 1 fully saturated rings. The van der Waals surface area contributed by atoms with E-state index >= 15 is 0 Å². The van der Waals surface area contributed by atoms with Crippen LogP contribution in [0.5, 0.6) is 0 Å². The summed E-state index contributed by atoms with van der Waals surface area (Å²) < 4.78 is 7.70. The predicted octanol–water partition coefficient (Wildman–Crippen LogP) is 1.57. The van der Waals surface area contributed by atoms with E-state index < -0.39 is 0 Å². The second kappa shape index (κ2) is 6.50. The van der Waals surface area contributed by atoms with Gasteiger partial charge in [-0.2, -0.15) is 5.10 Å². The van der Waals surface area contributed by atoms with Crippen molar-refractivity contribution in [2.75, 3.05) is 26.2 Å². The summed E-state index contributed by atoms with van der Waals surface area (Å²) in [5, 5.41) is 4.43. The molecule has 0 amide bonds. The summed E-state index contributed by atoms with van der Waals surface area (Å²) in [7, 11) is 0. The molecule has 2 atom stereocenters. The van der Waals surface area contributed by atoms with Gasteiger partial charge in [-0.15, -0.1) is 0 Å². The van der Waals surface area contributed by atoms with Gasteiger partial charge >= 0.3 is 0 Å². The van der Waals surface area contributed by atoms with E-state index in [1.807, 2.05) is 10.9 Å². The van der Waals surface area contributed by atoms with Crippen LogP contribution in [0.25, 0.3) is 0 Å². The summed E-state index contributed by atoms with van der Waals surface area (Å²) in [6.07, 6.45) is 5.42. The van der Waals surface area contributed by atoms with Crippen molar-refractivity contribution >= 4 is 0 Å². The highest BCUT2D eigenvalue weighted by Crippen LogP contribution is 2.22. The Morgan fingerprint density at radius 1 is 1.53 bits per heavy atom. The average Bonchev–Trinajstić information content (AvgIpc) is 2.75. The van der Waals surface area contributed by atoms with Gasteiger partial charge in [0, 0.05) is 44.0 Å².